The van der Waals surface area contributed by atoms with Gasteiger partial charge in [-0.2, -0.15) is 0 Å². The fraction of sp³-hybridized carbons (Fsp3) is 0.286. The second-order valence-electron chi connectivity index (χ2n) is 4.20. The third-order valence-electron chi connectivity index (χ3n) is 2.67. The average Bonchev–Trinajstić information content (AvgIpc) is 2.72. The number of aliphatic hydroxyl groups excluding tert-OH is 1. The fourth-order valence-corrected chi connectivity index (χ4v) is 3.06. The number of rotatable bonds is 4. The molecule has 0 saturated carbocycles. The molecule has 1 atom stereocenters. The zero-order valence-electron chi connectivity index (χ0n) is 10.3. The van der Waals surface area contributed by atoms with Crippen LogP contribution in [0.25, 0.3) is 0 Å². The summed E-state index contributed by atoms with van der Waals surface area (Å²) in [5.41, 5.74) is 1.95. The lowest BCUT2D eigenvalue weighted by molar-refractivity contribution is 0.190. The first-order chi connectivity index (χ1) is 8.58. The molecule has 1 N–H and O–H groups in total. The number of hydrogen-bond donors (Lipinski definition) is 1. The smallest absolute Gasteiger partial charge is 0.125 e. The maximum absolute atomic E-state index is 9.72. The molecule has 2 nitrogen and oxygen atoms in total. The highest BCUT2D eigenvalue weighted by atomic mass is 79.9. The van der Waals surface area contributed by atoms with Gasteiger partial charge in [-0.05, 0) is 52.9 Å². The molecule has 0 bridgehead atoms. The van der Waals surface area contributed by atoms with Gasteiger partial charge in [-0.15, -0.1) is 11.3 Å². The summed E-state index contributed by atoms with van der Waals surface area (Å²) < 4.78 is 6.89. The molecule has 0 radical (unpaired) electrons. The van der Waals surface area contributed by atoms with E-state index in [1.807, 2.05) is 36.6 Å². The van der Waals surface area contributed by atoms with Gasteiger partial charge in [-0.25, -0.2) is 0 Å². The molecule has 0 amide bonds. The van der Waals surface area contributed by atoms with Crippen molar-refractivity contribution in [1.82, 2.24) is 0 Å². The Labute approximate surface area is 119 Å². The van der Waals surface area contributed by atoms with Gasteiger partial charge < -0.3 is 9.84 Å². The van der Waals surface area contributed by atoms with Gasteiger partial charge in [-0.3, -0.25) is 0 Å². The monoisotopic (exact) mass is 326 g/mol. The number of benzene rings is 1. The van der Waals surface area contributed by atoms with Crippen LogP contribution in [0, 0.1) is 6.92 Å². The van der Waals surface area contributed by atoms with Crippen LogP contribution < -0.4 is 4.74 Å². The molecule has 2 aromatic rings. The summed E-state index contributed by atoms with van der Waals surface area (Å²) in [6.45, 7) is 4.28. The van der Waals surface area contributed by atoms with E-state index in [9.17, 15) is 5.11 Å². The Morgan fingerprint density at radius 1 is 1.39 bits per heavy atom. The predicted octanol–water partition coefficient (Wildman–Crippen LogP) is 4.45. The molecule has 2 rings (SSSR count). The minimum absolute atomic E-state index is 0.515. The largest absolute Gasteiger partial charge is 0.488 e. The summed E-state index contributed by atoms with van der Waals surface area (Å²) >= 11 is 5.14. The third-order valence-corrected chi connectivity index (χ3v) is 4.57. The standard InChI is InChI=1S/C14H15BrO2S/c1-9-3-4-11(10(2)16)13(7-9)17-8-14-12(15)5-6-18-14/h3-7,10,16H,8H2,1-2H3/t10-/m0/s1. The summed E-state index contributed by atoms with van der Waals surface area (Å²) in [5.74, 6) is 0.755. The van der Waals surface area contributed by atoms with Crippen LogP contribution in [-0.4, -0.2) is 5.11 Å². The molecule has 0 aliphatic rings. The summed E-state index contributed by atoms with van der Waals surface area (Å²) in [7, 11) is 0. The van der Waals surface area contributed by atoms with Crippen LogP contribution >= 0.6 is 27.3 Å². The van der Waals surface area contributed by atoms with Crippen molar-refractivity contribution in [1.29, 1.82) is 0 Å². The highest BCUT2D eigenvalue weighted by Crippen LogP contribution is 2.29. The van der Waals surface area contributed by atoms with Crippen LogP contribution in [0.15, 0.2) is 34.1 Å². The molecule has 96 valence electrons. The van der Waals surface area contributed by atoms with Crippen LogP contribution in [-0.2, 0) is 6.61 Å². The minimum Gasteiger partial charge on any atom is -0.488 e. The molecule has 0 aliphatic carbocycles. The zero-order chi connectivity index (χ0) is 13.1. The summed E-state index contributed by atoms with van der Waals surface area (Å²) in [4.78, 5) is 1.15. The van der Waals surface area contributed by atoms with E-state index >= 15 is 0 Å². The Bertz CT molecular complexity index is 534. The van der Waals surface area contributed by atoms with Crippen LogP contribution in [0.2, 0.25) is 0 Å². The quantitative estimate of drug-likeness (QED) is 0.899. The Morgan fingerprint density at radius 2 is 2.17 bits per heavy atom. The van der Waals surface area contributed by atoms with Crippen molar-refractivity contribution >= 4 is 27.3 Å². The minimum atomic E-state index is -0.521. The SMILES string of the molecule is Cc1ccc([C@H](C)O)c(OCc2sccc2Br)c1. The first kappa shape index (κ1) is 13.6. The van der Waals surface area contributed by atoms with Crippen molar-refractivity contribution in [2.45, 2.75) is 26.6 Å². The number of aliphatic hydroxyl groups is 1. The number of ether oxygens (including phenoxy) is 1. The lowest BCUT2D eigenvalue weighted by Crippen LogP contribution is -2.00. The van der Waals surface area contributed by atoms with Crippen LogP contribution in [0.5, 0.6) is 5.75 Å². The zero-order valence-corrected chi connectivity index (χ0v) is 12.7. The van der Waals surface area contributed by atoms with Gasteiger partial charge in [0.15, 0.2) is 0 Å². The van der Waals surface area contributed by atoms with Crippen LogP contribution in [0.4, 0.5) is 0 Å². The second-order valence-corrected chi connectivity index (χ2v) is 6.05. The third kappa shape index (κ3) is 3.13. The van der Waals surface area contributed by atoms with Crippen LogP contribution in [0.3, 0.4) is 0 Å². The molecule has 0 fully saturated rings. The summed E-state index contributed by atoms with van der Waals surface area (Å²) in [6.07, 6.45) is -0.521. The van der Waals surface area contributed by atoms with E-state index in [1.165, 1.54) is 0 Å². The maximum atomic E-state index is 9.72. The van der Waals surface area contributed by atoms with E-state index in [4.69, 9.17) is 4.74 Å². The van der Waals surface area contributed by atoms with E-state index in [2.05, 4.69) is 15.9 Å². The number of aryl methyl sites for hydroxylation is 1. The molecule has 18 heavy (non-hydrogen) atoms. The Kier molecular flexibility index (Phi) is 4.43. The first-order valence-corrected chi connectivity index (χ1v) is 7.38. The summed E-state index contributed by atoms with van der Waals surface area (Å²) in [6, 6.07) is 7.87. The first-order valence-electron chi connectivity index (χ1n) is 5.71. The van der Waals surface area contributed by atoms with E-state index in [-0.39, 0.29) is 0 Å². The van der Waals surface area contributed by atoms with Gasteiger partial charge in [0.25, 0.3) is 0 Å². The molecule has 0 unspecified atom stereocenters. The van der Waals surface area contributed by atoms with Crippen molar-refractivity contribution in [2.24, 2.45) is 0 Å². The van der Waals surface area contributed by atoms with E-state index in [0.29, 0.717) is 6.61 Å². The van der Waals surface area contributed by atoms with Crippen LogP contribution in [0.1, 0.15) is 29.0 Å². The second kappa shape index (κ2) is 5.87. The van der Waals surface area contributed by atoms with Gasteiger partial charge in [-0.1, -0.05) is 12.1 Å². The molecule has 0 aliphatic heterocycles. The lowest BCUT2D eigenvalue weighted by atomic mass is 10.1. The average molecular weight is 327 g/mol. The summed E-state index contributed by atoms with van der Waals surface area (Å²) in [5, 5.41) is 11.7. The maximum Gasteiger partial charge on any atom is 0.125 e. The van der Waals surface area contributed by atoms with Crippen molar-refractivity contribution in [3.8, 4) is 5.75 Å². The molecule has 1 heterocycles. The fourth-order valence-electron chi connectivity index (χ4n) is 1.68. The van der Waals surface area contributed by atoms with E-state index in [0.717, 1.165) is 26.2 Å². The van der Waals surface area contributed by atoms with Gasteiger partial charge in [0.2, 0.25) is 0 Å². The normalized spacial score (nSPS) is 12.4. The van der Waals surface area contributed by atoms with Gasteiger partial charge in [0.1, 0.15) is 12.4 Å². The van der Waals surface area contributed by atoms with Gasteiger partial charge >= 0.3 is 0 Å². The Morgan fingerprint density at radius 3 is 2.78 bits per heavy atom. The highest BCUT2D eigenvalue weighted by Gasteiger charge is 2.10. The Hall–Kier alpha value is -0.840. The number of thiophene rings is 1. The molecular formula is C14H15BrO2S. The molecule has 0 saturated heterocycles. The lowest BCUT2D eigenvalue weighted by Gasteiger charge is -2.14. The highest BCUT2D eigenvalue weighted by molar-refractivity contribution is 9.10. The molecule has 4 heteroatoms. The van der Waals surface area contributed by atoms with Gasteiger partial charge in [0, 0.05) is 10.0 Å². The van der Waals surface area contributed by atoms with E-state index in [1.54, 1.807) is 18.3 Å². The van der Waals surface area contributed by atoms with Crippen molar-refractivity contribution in [3.05, 3.63) is 50.1 Å². The number of halogens is 1. The van der Waals surface area contributed by atoms with E-state index < -0.39 is 6.10 Å². The molecule has 1 aromatic carbocycles. The topological polar surface area (TPSA) is 29.5 Å². The van der Waals surface area contributed by atoms with Crippen molar-refractivity contribution < 1.29 is 9.84 Å². The van der Waals surface area contributed by atoms with Crippen molar-refractivity contribution in [2.75, 3.05) is 0 Å². The molecular weight excluding hydrogens is 312 g/mol. The number of hydrogen-bond acceptors (Lipinski definition) is 3. The predicted molar refractivity (Wildman–Crippen MR) is 78.2 cm³/mol. The molecule has 1 aromatic heterocycles. The molecule has 0 spiro atoms. The van der Waals surface area contributed by atoms with Gasteiger partial charge in [0.05, 0.1) is 11.0 Å². The Balaban J connectivity index is 2.18. The van der Waals surface area contributed by atoms with Crippen molar-refractivity contribution in [3.63, 3.8) is 0 Å².